The van der Waals surface area contributed by atoms with E-state index in [9.17, 15) is 8.42 Å². The van der Waals surface area contributed by atoms with E-state index in [-0.39, 0.29) is 16.6 Å². The van der Waals surface area contributed by atoms with E-state index in [1.807, 2.05) is 7.05 Å². The number of likely N-dealkylation sites (tertiary alicyclic amines) is 1. The number of likely N-dealkylation sites (N-methyl/N-ethyl adjacent to an activating group) is 2. The quantitative estimate of drug-likeness (QED) is 0.856. The minimum atomic E-state index is -3.55. The van der Waals surface area contributed by atoms with Gasteiger partial charge in [0.1, 0.15) is 0 Å². The lowest BCUT2D eigenvalue weighted by atomic mass is 10.2. The van der Waals surface area contributed by atoms with E-state index in [2.05, 4.69) is 4.90 Å². The molecule has 5 nitrogen and oxygen atoms in total. The molecule has 2 N–H and O–H groups in total. The van der Waals surface area contributed by atoms with Crippen molar-refractivity contribution in [3.05, 3.63) is 22.7 Å². The lowest BCUT2D eigenvalue weighted by molar-refractivity contribution is 0.271. The van der Waals surface area contributed by atoms with Gasteiger partial charge in [-0.05, 0) is 51.1 Å². The molecule has 21 heavy (non-hydrogen) atoms. The molecule has 0 radical (unpaired) electrons. The summed E-state index contributed by atoms with van der Waals surface area (Å²) in [6, 6.07) is 3.32. The van der Waals surface area contributed by atoms with Gasteiger partial charge in [0.05, 0.1) is 15.6 Å². The van der Waals surface area contributed by atoms with Crippen LogP contribution in [-0.4, -0.2) is 50.8 Å². The van der Waals surface area contributed by atoms with Gasteiger partial charge in [0, 0.05) is 19.6 Å². The normalized spacial score (nSPS) is 20.3. The Hall–Kier alpha value is -0.820. The second kappa shape index (κ2) is 6.12. The zero-order valence-electron chi connectivity index (χ0n) is 12.6. The Labute approximate surface area is 131 Å². The highest BCUT2D eigenvalue weighted by atomic mass is 35.5. The number of benzene rings is 1. The summed E-state index contributed by atoms with van der Waals surface area (Å²) in [6.45, 7) is 3.24. The highest BCUT2D eigenvalue weighted by Crippen LogP contribution is 2.28. The van der Waals surface area contributed by atoms with E-state index >= 15 is 0 Å². The van der Waals surface area contributed by atoms with Crippen molar-refractivity contribution >= 4 is 27.3 Å². The largest absolute Gasteiger partial charge is 0.397 e. The molecule has 1 unspecified atom stereocenters. The average Bonchev–Trinajstić information content (AvgIpc) is 2.79. The molecular weight excluding hydrogens is 310 g/mol. The summed E-state index contributed by atoms with van der Waals surface area (Å²) in [7, 11) is 0.0964. The van der Waals surface area contributed by atoms with Crippen LogP contribution in [-0.2, 0) is 10.0 Å². The zero-order valence-corrected chi connectivity index (χ0v) is 14.2. The first kappa shape index (κ1) is 16.5. The number of hydrogen-bond acceptors (Lipinski definition) is 4. The van der Waals surface area contributed by atoms with E-state index in [0.29, 0.717) is 17.1 Å². The van der Waals surface area contributed by atoms with Crippen LogP contribution in [0.3, 0.4) is 0 Å². The van der Waals surface area contributed by atoms with Gasteiger partial charge in [-0.2, -0.15) is 4.31 Å². The maximum atomic E-state index is 12.7. The van der Waals surface area contributed by atoms with Gasteiger partial charge in [-0.1, -0.05) is 11.6 Å². The van der Waals surface area contributed by atoms with Crippen molar-refractivity contribution in [1.29, 1.82) is 0 Å². The molecule has 1 aromatic carbocycles. The molecule has 0 amide bonds. The van der Waals surface area contributed by atoms with E-state index in [1.165, 1.54) is 10.4 Å². The summed E-state index contributed by atoms with van der Waals surface area (Å²) in [6.07, 6.45) is 2.14. The fourth-order valence-electron chi connectivity index (χ4n) is 2.72. The third kappa shape index (κ3) is 3.34. The molecule has 1 fully saturated rings. The average molecular weight is 332 g/mol. The van der Waals surface area contributed by atoms with Crippen molar-refractivity contribution in [2.24, 2.45) is 0 Å². The Kier molecular flexibility index (Phi) is 4.82. The van der Waals surface area contributed by atoms with Crippen molar-refractivity contribution in [3.8, 4) is 0 Å². The molecule has 1 aliphatic heterocycles. The SMILES string of the molecule is Cc1cc(Cl)c(N)cc1S(=O)(=O)N(C)CC1CCCN1C. The van der Waals surface area contributed by atoms with Crippen LogP contribution < -0.4 is 5.73 Å². The van der Waals surface area contributed by atoms with Crippen LogP contribution in [0.5, 0.6) is 0 Å². The number of hydrogen-bond donors (Lipinski definition) is 1. The highest BCUT2D eigenvalue weighted by Gasteiger charge is 2.29. The third-order valence-electron chi connectivity index (χ3n) is 4.12. The van der Waals surface area contributed by atoms with Crippen LogP contribution >= 0.6 is 11.6 Å². The molecule has 0 aliphatic carbocycles. The predicted molar refractivity (Wildman–Crippen MR) is 86.1 cm³/mol. The lowest BCUT2D eigenvalue weighted by Crippen LogP contribution is -2.39. The first-order valence-corrected chi connectivity index (χ1v) is 8.77. The molecule has 7 heteroatoms. The van der Waals surface area contributed by atoms with Crippen LogP contribution in [0.15, 0.2) is 17.0 Å². The number of halogens is 1. The van der Waals surface area contributed by atoms with Crippen LogP contribution in [0.2, 0.25) is 5.02 Å². The summed E-state index contributed by atoms with van der Waals surface area (Å²) in [4.78, 5) is 2.43. The molecule has 1 heterocycles. The van der Waals surface area contributed by atoms with Crippen LogP contribution in [0.25, 0.3) is 0 Å². The second-order valence-corrected chi connectivity index (χ2v) is 8.12. The number of anilines is 1. The Bertz CT molecular complexity index is 633. The highest BCUT2D eigenvalue weighted by molar-refractivity contribution is 7.89. The molecule has 0 saturated carbocycles. The topological polar surface area (TPSA) is 66.6 Å². The van der Waals surface area contributed by atoms with E-state index in [0.717, 1.165) is 19.4 Å². The summed E-state index contributed by atoms with van der Waals surface area (Å²) < 4.78 is 26.9. The van der Waals surface area contributed by atoms with Gasteiger partial charge < -0.3 is 10.6 Å². The molecule has 1 aliphatic rings. The van der Waals surface area contributed by atoms with E-state index in [4.69, 9.17) is 17.3 Å². The zero-order chi connectivity index (χ0) is 15.8. The Morgan fingerprint density at radius 3 is 2.71 bits per heavy atom. The fraction of sp³-hybridized carbons (Fsp3) is 0.571. The van der Waals surface area contributed by atoms with Gasteiger partial charge in [0.2, 0.25) is 10.0 Å². The molecule has 118 valence electrons. The summed E-state index contributed by atoms with van der Waals surface area (Å²) in [5.74, 6) is 0. The monoisotopic (exact) mass is 331 g/mol. The first-order valence-electron chi connectivity index (χ1n) is 6.95. The smallest absolute Gasteiger partial charge is 0.243 e. The van der Waals surface area contributed by atoms with E-state index in [1.54, 1.807) is 20.0 Å². The maximum absolute atomic E-state index is 12.7. The fourth-order valence-corrected chi connectivity index (χ4v) is 4.38. The maximum Gasteiger partial charge on any atom is 0.243 e. The predicted octanol–water partition coefficient (Wildman–Crippen LogP) is 1.95. The van der Waals surface area contributed by atoms with Crippen molar-refractivity contribution < 1.29 is 8.42 Å². The Balaban J connectivity index is 2.27. The molecule has 2 rings (SSSR count). The van der Waals surface area contributed by atoms with Crippen molar-refractivity contribution in [1.82, 2.24) is 9.21 Å². The van der Waals surface area contributed by atoms with Gasteiger partial charge >= 0.3 is 0 Å². The van der Waals surface area contributed by atoms with Crippen LogP contribution in [0.1, 0.15) is 18.4 Å². The van der Waals surface area contributed by atoms with Gasteiger partial charge in [0.15, 0.2) is 0 Å². The molecule has 0 bridgehead atoms. The summed E-state index contributed by atoms with van der Waals surface area (Å²) in [5, 5.41) is 0.379. The number of nitrogens with zero attached hydrogens (tertiary/aromatic N) is 2. The molecule has 1 aromatic rings. The number of sulfonamides is 1. The van der Waals surface area contributed by atoms with Crippen molar-refractivity contribution in [2.75, 3.05) is 32.9 Å². The standard InChI is InChI=1S/C14H22ClN3O2S/c1-10-7-12(15)13(16)8-14(10)21(19,20)18(3)9-11-5-4-6-17(11)2/h7-8,11H,4-6,9,16H2,1-3H3. The van der Waals surface area contributed by atoms with Gasteiger partial charge in [-0.15, -0.1) is 0 Å². The van der Waals surface area contributed by atoms with Crippen LogP contribution in [0, 0.1) is 6.92 Å². The van der Waals surface area contributed by atoms with E-state index < -0.39 is 10.0 Å². The summed E-state index contributed by atoms with van der Waals surface area (Å²) >= 11 is 5.93. The molecular formula is C14H22ClN3O2S. The minimum Gasteiger partial charge on any atom is -0.397 e. The Morgan fingerprint density at radius 2 is 2.14 bits per heavy atom. The van der Waals surface area contributed by atoms with Crippen molar-refractivity contribution in [3.63, 3.8) is 0 Å². The molecule has 0 aromatic heterocycles. The lowest BCUT2D eigenvalue weighted by Gasteiger charge is -2.26. The van der Waals surface area contributed by atoms with Crippen LogP contribution in [0.4, 0.5) is 5.69 Å². The van der Waals surface area contributed by atoms with Gasteiger partial charge in [0.25, 0.3) is 0 Å². The first-order chi connectivity index (χ1) is 9.73. The molecule has 0 spiro atoms. The Morgan fingerprint density at radius 1 is 1.48 bits per heavy atom. The van der Waals surface area contributed by atoms with Gasteiger partial charge in [-0.25, -0.2) is 8.42 Å². The molecule has 1 atom stereocenters. The van der Waals surface area contributed by atoms with Gasteiger partial charge in [-0.3, -0.25) is 0 Å². The minimum absolute atomic E-state index is 0.229. The number of nitrogen functional groups attached to an aromatic ring is 1. The van der Waals surface area contributed by atoms with Crippen molar-refractivity contribution in [2.45, 2.75) is 30.7 Å². The number of rotatable bonds is 4. The number of nitrogens with two attached hydrogens (primary N) is 1. The third-order valence-corrected chi connectivity index (χ3v) is 6.41. The summed E-state index contributed by atoms with van der Waals surface area (Å²) in [5.41, 5.74) is 6.65. The molecule has 1 saturated heterocycles. The second-order valence-electron chi connectivity index (χ2n) is 5.70. The number of aryl methyl sites for hydroxylation is 1.